The number of ether oxygens (including phenoxy) is 3. The Morgan fingerprint density at radius 1 is 0.309 bits per heavy atom. The summed E-state index contributed by atoms with van der Waals surface area (Å²) in [7, 11) is 0. The first-order chi connectivity index (χ1) is 33.5. The number of carbonyl (C=O) groups is 3. The zero-order valence-electron chi connectivity index (χ0n) is 42.3. The SMILES string of the molecule is CC\C=C/C=C\C=C/C=C\C=C\C=C/C=C\CCCCCC(=O)OCC(COC(=O)CCCCCC/C=C\C/C=C\C/C=C\CC)OC(=O)CCCCC\C=C/C=C/C=C\C=C/C=C\C=C/CC. The summed E-state index contributed by atoms with van der Waals surface area (Å²) >= 11 is 0. The lowest BCUT2D eigenvalue weighted by molar-refractivity contribution is -0.167. The average molecular weight is 929 g/mol. The predicted molar refractivity (Wildman–Crippen MR) is 292 cm³/mol. The van der Waals surface area contributed by atoms with Gasteiger partial charge in [-0.15, -0.1) is 0 Å². The number of unbranched alkanes of at least 4 members (excludes halogenated alkanes) is 10. The molecule has 0 radical (unpaired) electrons. The molecule has 0 heterocycles. The van der Waals surface area contributed by atoms with Crippen LogP contribution in [0.5, 0.6) is 0 Å². The molecule has 1 unspecified atom stereocenters. The van der Waals surface area contributed by atoms with Crippen molar-refractivity contribution in [2.75, 3.05) is 13.2 Å². The lowest BCUT2D eigenvalue weighted by atomic mass is 10.1. The van der Waals surface area contributed by atoms with Gasteiger partial charge >= 0.3 is 17.9 Å². The third-order valence-corrected chi connectivity index (χ3v) is 9.68. The van der Waals surface area contributed by atoms with Crippen LogP contribution in [0.25, 0.3) is 0 Å². The molecule has 1 atom stereocenters. The van der Waals surface area contributed by atoms with Gasteiger partial charge in [-0.25, -0.2) is 0 Å². The lowest BCUT2D eigenvalue weighted by Crippen LogP contribution is -2.30. The average Bonchev–Trinajstić information content (AvgIpc) is 3.34. The molecule has 0 aliphatic carbocycles. The van der Waals surface area contributed by atoms with Crippen molar-refractivity contribution in [2.24, 2.45) is 0 Å². The topological polar surface area (TPSA) is 78.9 Å². The van der Waals surface area contributed by atoms with E-state index < -0.39 is 6.10 Å². The molecule has 0 fully saturated rings. The Labute approximate surface area is 414 Å². The minimum absolute atomic E-state index is 0.136. The van der Waals surface area contributed by atoms with Crippen LogP contribution >= 0.6 is 0 Å². The lowest BCUT2D eigenvalue weighted by Gasteiger charge is -2.18. The molecular weight excluding hydrogens is 841 g/mol. The molecule has 0 saturated heterocycles. The fraction of sp³-hybridized carbons (Fsp3) is 0.435. The van der Waals surface area contributed by atoms with Gasteiger partial charge in [0.05, 0.1) is 0 Å². The predicted octanol–water partition coefficient (Wildman–Crippen LogP) is 17.1. The van der Waals surface area contributed by atoms with Gasteiger partial charge in [0, 0.05) is 19.3 Å². The molecule has 0 amide bonds. The number of allylic oxidation sites excluding steroid dienone is 32. The number of carbonyl (C=O) groups excluding carboxylic acids is 3. The second kappa shape index (κ2) is 53.9. The maximum Gasteiger partial charge on any atom is 0.306 e. The van der Waals surface area contributed by atoms with Crippen molar-refractivity contribution in [1.29, 1.82) is 0 Å². The summed E-state index contributed by atoms with van der Waals surface area (Å²) in [5, 5.41) is 0. The second-order valence-electron chi connectivity index (χ2n) is 15.9. The van der Waals surface area contributed by atoms with Gasteiger partial charge in [0.15, 0.2) is 6.10 Å². The molecule has 0 spiro atoms. The zero-order chi connectivity index (χ0) is 49.3. The van der Waals surface area contributed by atoms with Crippen LogP contribution in [0.4, 0.5) is 0 Å². The van der Waals surface area contributed by atoms with Gasteiger partial charge in [-0.2, -0.15) is 0 Å². The van der Waals surface area contributed by atoms with Crippen LogP contribution in [0.3, 0.4) is 0 Å². The Balaban J connectivity index is 4.68. The third-order valence-electron chi connectivity index (χ3n) is 9.68. The Hall–Kier alpha value is -5.75. The van der Waals surface area contributed by atoms with E-state index in [1.807, 2.05) is 134 Å². The number of hydrogen-bond donors (Lipinski definition) is 0. The number of rotatable bonds is 42. The maximum atomic E-state index is 12.8. The minimum Gasteiger partial charge on any atom is -0.462 e. The summed E-state index contributed by atoms with van der Waals surface area (Å²) in [6.07, 6.45) is 82.6. The van der Waals surface area contributed by atoms with Gasteiger partial charge in [0.25, 0.3) is 0 Å². The summed E-state index contributed by atoms with van der Waals surface area (Å²) < 4.78 is 16.7. The number of esters is 3. The van der Waals surface area contributed by atoms with E-state index in [1.54, 1.807) is 0 Å². The van der Waals surface area contributed by atoms with Crippen molar-refractivity contribution in [3.8, 4) is 0 Å². The van der Waals surface area contributed by atoms with Crippen LogP contribution in [0.2, 0.25) is 0 Å². The van der Waals surface area contributed by atoms with Crippen molar-refractivity contribution >= 4 is 17.9 Å². The van der Waals surface area contributed by atoms with E-state index in [9.17, 15) is 14.4 Å². The highest BCUT2D eigenvalue weighted by Crippen LogP contribution is 2.11. The standard InChI is InChI=1S/C62H88O6/c1-4-7-10-13-16-19-22-25-28-30-31-33-34-37-40-43-46-49-52-55-61(64)67-58-59(57-66-60(63)54-51-48-45-42-39-36-27-24-21-18-15-12-9-6-3)68-62(65)56-53-50-47-44-41-38-35-32-29-26-23-20-17-14-11-8-5-2/h7-14,16-23,25-38,40-41,59H,4-6,15,24,39,42-58H2,1-3H3/b10-7-,11-8-,12-9-,16-13-,17-14-,21-18-,22-19-,23-20-,28-25-,29-26-,31-30+,34-33-,35-32+,36-27-,40-37-,41-38-. The van der Waals surface area contributed by atoms with Gasteiger partial charge in [-0.05, 0) is 89.9 Å². The van der Waals surface area contributed by atoms with Crippen LogP contribution in [-0.4, -0.2) is 37.2 Å². The fourth-order valence-corrected chi connectivity index (χ4v) is 5.94. The van der Waals surface area contributed by atoms with E-state index in [0.29, 0.717) is 19.3 Å². The van der Waals surface area contributed by atoms with Crippen LogP contribution in [0.1, 0.15) is 156 Å². The summed E-state index contributed by atoms with van der Waals surface area (Å²) in [4.78, 5) is 38.0. The summed E-state index contributed by atoms with van der Waals surface area (Å²) in [6, 6.07) is 0. The van der Waals surface area contributed by atoms with Crippen LogP contribution < -0.4 is 0 Å². The first-order valence-corrected chi connectivity index (χ1v) is 25.6. The van der Waals surface area contributed by atoms with Crippen molar-refractivity contribution in [3.63, 3.8) is 0 Å². The second-order valence-corrected chi connectivity index (χ2v) is 15.9. The van der Waals surface area contributed by atoms with Crippen molar-refractivity contribution < 1.29 is 28.6 Å². The molecule has 0 aromatic heterocycles. The Morgan fingerprint density at radius 3 is 1.00 bits per heavy atom. The zero-order valence-corrected chi connectivity index (χ0v) is 42.3. The van der Waals surface area contributed by atoms with Gasteiger partial charge in [-0.3, -0.25) is 14.4 Å². The first-order valence-electron chi connectivity index (χ1n) is 25.6. The van der Waals surface area contributed by atoms with E-state index in [0.717, 1.165) is 103 Å². The monoisotopic (exact) mass is 929 g/mol. The molecule has 0 rings (SSSR count). The largest absolute Gasteiger partial charge is 0.462 e. The molecule has 0 saturated carbocycles. The molecule has 0 aromatic carbocycles. The molecular formula is C62H88O6. The number of hydrogen-bond acceptors (Lipinski definition) is 6. The van der Waals surface area contributed by atoms with Crippen LogP contribution in [0, 0.1) is 0 Å². The molecule has 68 heavy (non-hydrogen) atoms. The van der Waals surface area contributed by atoms with E-state index in [4.69, 9.17) is 14.2 Å². The van der Waals surface area contributed by atoms with Gasteiger partial charge in [0.2, 0.25) is 0 Å². The Bertz CT molecular complexity index is 1730. The minimum atomic E-state index is -0.843. The maximum absolute atomic E-state index is 12.8. The molecule has 372 valence electrons. The van der Waals surface area contributed by atoms with Crippen LogP contribution in [-0.2, 0) is 28.6 Å². The summed E-state index contributed by atoms with van der Waals surface area (Å²) in [5.41, 5.74) is 0. The van der Waals surface area contributed by atoms with Crippen LogP contribution in [0.15, 0.2) is 194 Å². The summed E-state index contributed by atoms with van der Waals surface area (Å²) in [5.74, 6) is -1.07. The third kappa shape index (κ3) is 51.2. The molecule has 0 aliphatic rings. The van der Waals surface area contributed by atoms with Gasteiger partial charge in [0.1, 0.15) is 13.2 Å². The fourth-order valence-electron chi connectivity index (χ4n) is 5.94. The highest BCUT2D eigenvalue weighted by Gasteiger charge is 2.19. The first kappa shape index (κ1) is 62.2. The molecule has 6 heteroatoms. The quantitative estimate of drug-likeness (QED) is 0.0199. The van der Waals surface area contributed by atoms with E-state index in [-0.39, 0.29) is 44.0 Å². The van der Waals surface area contributed by atoms with E-state index in [2.05, 4.69) is 81.5 Å². The Kier molecular flexibility index (Phi) is 49.3. The highest BCUT2D eigenvalue weighted by molar-refractivity contribution is 5.71. The molecule has 0 aromatic rings. The molecule has 6 nitrogen and oxygen atoms in total. The Morgan fingerprint density at radius 2 is 0.603 bits per heavy atom. The van der Waals surface area contributed by atoms with E-state index in [1.165, 1.54) is 0 Å². The van der Waals surface area contributed by atoms with E-state index >= 15 is 0 Å². The van der Waals surface area contributed by atoms with Crippen molar-refractivity contribution in [1.82, 2.24) is 0 Å². The molecule has 0 aliphatic heterocycles. The molecule has 0 bridgehead atoms. The highest BCUT2D eigenvalue weighted by atomic mass is 16.6. The van der Waals surface area contributed by atoms with Crippen molar-refractivity contribution in [3.05, 3.63) is 194 Å². The van der Waals surface area contributed by atoms with Gasteiger partial charge in [-0.1, -0.05) is 241 Å². The smallest absolute Gasteiger partial charge is 0.306 e. The summed E-state index contributed by atoms with van der Waals surface area (Å²) in [6.45, 7) is 6.09. The molecule has 0 N–H and O–H groups in total. The van der Waals surface area contributed by atoms with Crippen molar-refractivity contribution in [2.45, 2.75) is 162 Å². The van der Waals surface area contributed by atoms with Gasteiger partial charge < -0.3 is 14.2 Å². The normalized spacial score (nSPS) is 13.8.